The minimum absolute atomic E-state index is 0.131. The van der Waals surface area contributed by atoms with Gasteiger partial charge in [0.1, 0.15) is 0 Å². The summed E-state index contributed by atoms with van der Waals surface area (Å²) >= 11 is 6.00. The zero-order valence-corrected chi connectivity index (χ0v) is 15.8. The molecule has 2 aromatic rings. The Bertz CT molecular complexity index is 655. The fourth-order valence-electron chi connectivity index (χ4n) is 3.61. The average Bonchev–Trinajstić information content (AvgIpc) is 3.07. The summed E-state index contributed by atoms with van der Waals surface area (Å²) in [5.41, 5.74) is 1.11. The van der Waals surface area contributed by atoms with Crippen LogP contribution in [0, 0.1) is 0 Å². The highest BCUT2D eigenvalue weighted by atomic mass is 35.5. The van der Waals surface area contributed by atoms with Gasteiger partial charge >= 0.3 is 0 Å². The van der Waals surface area contributed by atoms with Gasteiger partial charge in [-0.3, -0.25) is 0 Å². The minimum Gasteiger partial charge on any atom is -0.348 e. The van der Waals surface area contributed by atoms with Gasteiger partial charge in [-0.1, -0.05) is 37.1 Å². The smallest absolute Gasteiger partial charge is 0.187 e. The zero-order valence-electron chi connectivity index (χ0n) is 15.1. The molecule has 2 atom stereocenters. The van der Waals surface area contributed by atoms with E-state index in [0.29, 0.717) is 6.54 Å². The molecule has 0 bridgehead atoms. The summed E-state index contributed by atoms with van der Waals surface area (Å²) in [5, 5.41) is 0.762. The molecule has 4 nitrogen and oxygen atoms in total. The first-order chi connectivity index (χ1) is 12.0. The van der Waals surface area contributed by atoms with Crippen LogP contribution in [-0.4, -0.2) is 27.5 Å². The van der Waals surface area contributed by atoms with E-state index in [-0.39, 0.29) is 5.60 Å². The Morgan fingerprint density at radius 3 is 2.72 bits per heavy atom. The summed E-state index contributed by atoms with van der Waals surface area (Å²) in [6, 6.07) is 8.01. The van der Waals surface area contributed by atoms with Gasteiger partial charge in [0, 0.05) is 23.8 Å². The van der Waals surface area contributed by atoms with Crippen molar-refractivity contribution in [2.75, 3.05) is 6.61 Å². The molecule has 2 unspecified atom stereocenters. The van der Waals surface area contributed by atoms with E-state index in [2.05, 4.69) is 31.0 Å². The Balaban J connectivity index is 1.77. The molecule has 1 aliphatic rings. The third kappa shape index (κ3) is 4.84. The van der Waals surface area contributed by atoms with Crippen LogP contribution >= 0.6 is 11.6 Å². The summed E-state index contributed by atoms with van der Waals surface area (Å²) in [6.07, 6.45) is 10.3. The van der Waals surface area contributed by atoms with E-state index >= 15 is 0 Å². The molecule has 0 N–H and O–H groups in total. The van der Waals surface area contributed by atoms with Gasteiger partial charge in [0.25, 0.3) is 0 Å². The van der Waals surface area contributed by atoms with Gasteiger partial charge in [-0.15, -0.1) is 0 Å². The van der Waals surface area contributed by atoms with Gasteiger partial charge < -0.3 is 14.0 Å². The zero-order chi connectivity index (χ0) is 17.8. The number of hydrogen-bond acceptors (Lipinski definition) is 3. The molecule has 0 saturated carbocycles. The van der Waals surface area contributed by atoms with Crippen molar-refractivity contribution in [1.29, 1.82) is 0 Å². The highest BCUT2D eigenvalue weighted by Crippen LogP contribution is 2.37. The SMILES string of the molecule is CCCC1(C)CCOC(CCc2ccc(Cl)cc2)(Cn2ccnc2)O1. The first kappa shape index (κ1) is 18.4. The lowest BCUT2D eigenvalue weighted by molar-refractivity contribution is -0.332. The Labute approximate surface area is 155 Å². The van der Waals surface area contributed by atoms with Crippen molar-refractivity contribution < 1.29 is 9.47 Å². The Morgan fingerprint density at radius 1 is 1.24 bits per heavy atom. The number of aromatic nitrogens is 2. The van der Waals surface area contributed by atoms with E-state index in [1.807, 2.05) is 29.2 Å². The second-order valence-electron chi connectivity index (χ2n) is 7.17. The molecule has 25 heavy (non-hydrogen) atoms. The molecule has 1 aromatic heterocycles. The summed E-state index contributed by atoms with van der Waals surface area (Å²) in [6.45, 7) is 5.80. The maximum Gasteiger partial charge on any atom is 0.187 e. The van der Waals surface area contributed by atoms with E-state index in [4.69, 9.17) is 21.1 Å². The quantitative estimate of drug-likeness (QED) is 0.705. The molecule has 0 radical (unpaired) electrons. The number of imidazole rings is 1. The van der Waals surface area contributed by atoms with Gasteiger partial charge in [-0.25, -0.2) is 4.98 Å². The summed E-state index contributed by atoms with van der Waals surface area (Å²) in [5.74, 6) is -0.623. The summed E-state index contributed by atoms with van der Waals surface area (Å²) < 4.78 is 14.9. The Kier molecular flexibility index (Phi) is 5.82. The number of rotatable bonds is 7. The van der Waals surface area contributed by atoms with E-state index in [9.17, 15) is 0 Å². The molecular weight excluding hydrogens is 336 g/mol. The van der Waals surface area contributed by atoms with Crippen molar-refractivity contribution in [3.8, 4) is 0 Å². The number of aryl methyl sites for hydroxylation is 1. The molecule has 0 spiro atoms. The number of halogens is 1. The van der Waals surface area contributed by atoms with E-state index in [1.165, 1.54) is 5.56 Å². The van der Waals surface area contributed by atoms with Crippen molar-refractivity contribution in [2.24, 2.45) is 0 Å². The molecule has 0 aliphatic carbocycles. The molecule has 3 rings (SSSR count). The number of ether oxygens (including phenoxy) is 2. The monoisotopic (exact) mass is 362 g/mol. The van der Waals surface area contributed by atoms with Crippen molar-refractivity contribution in [1.82, 2.24) is 9.55 Å². The number of hydrogen-bond donors (Lipinski definition) is 0. The van der Waals surface area contributed by atoms with Crippen LogP contribution in [0.5, 0.6) is 0 Å². The standard InChI is InChI=1S/C20H27ClN2O2/c1-3-9-19(2)11-14-24-20(25-19,15-23-13-12-22-16-23)10-8-17-4-6-18(21)7-5-17/h4-7,12-13,16H,3,8-11,14-15H2,1-2H3. The lowest BCUT2D eigenvalue weighted by Gasteiger charge is -2.47. The molecular formula is C20H27ClN2O2. The van der Waals surface area contributed by atoms with Crippen LogP contribution < -0.4 is 0 Å². The second-order valence-corrected chi connectivity index (χ2v) is 7.61. The molecule has 1 aromatic carbocycles. The van der Waals surface area contributed by atoms with Crippen LogP contribution in [-0.2, 0) is 22.4 Å². The maximum atomic E-state index is 6.62. The third-order valence-corrected chi connectivity index (χ3v) is 5.15. The number of nitrogens with zero attached hydrogens (tertiary/aromatic N) is 2. The first-order valence-electron chi connectivity index (χ1n) is 9.07. The van der Waals surface area contributed by atoms with Crippen molar-refractivity contribution in [3.63, 3.8) is 0 Å². The Morgan fingerprint density at radius 2 is 2.04 bits per heavy atom. The van der Waals surface area contributed by atoms with Crippen LogP contribution in [0.2, 0.25) is 5.02 Å². The molecule has 136 valence electrons. The molecule has 0 amide bonds. The fourth-order valence-corrected chi connectivity index (χ4v) is 3.74. The average molecular weight is 363 g/mol. The second kappa shape index (κ2) is 7.90. The van der Waals surface area contributed by atoms with Gasteiger partial charge in [-0.05, 0) is 43.9 Å². The summed E-state index contributed by atoms with van der Waals surface area (Å²) in [7, 11) is 0. The summed E-state index contributed by atoms with van der Waals surface area (Å²) in [4.78, 5) is 4.16. The van der Waals surface area contributed by atoms with Crippen LogP contribution in [0.25, 0.3) is 0 Å². The van der Waals surface area contributed by atoms with Crippen LogP contribution in [0.3, 0.4) is 0 Å². The topological polar surface area (TPSA) is 36.3 Å². The van der Waals surface area contributed by atoms with E-state index < -0.39 is 5.79 Å². The third-order valence-electron chi connectivity index (χ3n) is 4.90. The van der Waals surface area contributed by atoms with Gasteiger partial charge in [0.05, 0.1) is 25.1 Å². The van der Waals surface area contributed by atoms with E-state index in [1.54, 1.807) is 6.20 Å². The lowest BCUT2D eigenvalue weighted by Crippen LogP contribution is -2.53. The van der Waals surface area contributed by atoms with Crippen LogP contribution in [0.15, 0.2) is 43.0 Å². The molecule has 5 heteroatoms. The highest BCUT2D eigenvalue weighted by Gasteiger charge is 2.43. The fraction of sp³-hybridized carbons (Fsp3) is 0.550. The first-order valence-corrected chi connectivity index (χ1v) is 9.45. The van der Waals surface area contributed by atoms with Crippen molar-refractivity contribution >= 4 is 11.6 Å². The lowest BCUT2D eigenvalue weighted by atomic mass is 9.93. The largest absolute Gasteiger partial charge is 0.348 e. The van der Waals surface area contributed by atoms with Gasteiger partial charge in [-0.2, -0.15) is 0 Å². The Hall–Kier alpha value is -1.36. The highest BCUT2D eigenvalue weighted by molar-refractivity contribution is 6.30. The molecule has 2 heterocycles. The predicted octanol–water partition coefficient (Wildman–Crippen LogP) is 4.86. The van der Waals surface area contributed by atoms with Crippen LogP contribution in [0.1, 0.15) is 45.1 Å². The van der Waals surface area contributed by atoms with Gasteiger partial charge in [0.2, 0.25) is 0 Å². The van der Waals surface area contributed by atoms with Crippen molar-refractivity contribution in [3.05, 3.63) is 53.6 Å². The van der Waals surface area contributed by atoms with E-state index in [0.717, 1.165) is 43.7 Å². The minimum atomic E-state index is -0.623. The maximum absolute atomic E-state index is 6.62. The van der Waals surface area contributed by atoms with Crippen molar-refractivity contribution in [2.45, 2.75) is 63.9 Å². The number of benzene rings is 1. The molecule has 1 aliphatic heterocycles. The normalized spacial score (nSPS) is 26.7. The van der Waals surface area contributed by atoms with Gasteiger partial charge in [0.15, 0.2) is 5.79 Å². The van der Waals surface area contributed by atoms with Crippen LogP contribution in [0.4, 0.5) is 0 Å². The molecule has 1 saturated heterocycles. The molecule has 1 fully saturated rings. The predicted molar refractivity (Wildman–Crippen MR) is 99.7 cm³/mol.